The highest BCUT2D eigenvalue weighted by Crippen LogP contribution is 2.28. The Morgan fingerprint density at radius 2 is 1.71 bits per heavy atom. The predicted molar refractivity (Wildman–Crippen MR) is 109 cm³/mol. The van der Waals surface area contributed by atoms with Crippen LogP contribution >= 0.6 is 27.7 Å². The number of carbonyl (C=O) groups is 2. The van der Waals surface area contributed by atoms with Crippen LogP contribution in [-0.4, -0.2) is 48.4 Å². The third kappa shape index (κ3) is 6.38. The van der Waals surface area contributed by atoms with Gasteiger partial charge in [-0.3, -0.25) is 14.9 Å². The first-order valence-electron chi connectivity index (χ1n) is 8.14. The van der Waals surface area contributed by atoms with Crippen LogP contribution in [0.15, 0.2) is 27.6 Å². The number of rotatable bonds is 8. The van der Waals surface area contributed by atoms with E-state index >= 15 is 0 Å². The van der Waals surface area contributed by atoms with Gasteiger partial charge in [0.15, 0.2) is 6.61 Å². The third-order valence-corrected chi connectivity index (χ3v) is 5.50. The number of anilines is 1. The summed E-state index contributed by atoms with van der Waals surface area (Å²) in [5.41, 5.74) is 2.13. The van der Waals surface area contributed by atoms with E-state index in [1.807, 2.05) is 26.0 Å². The van der Waals surface area contributed by atoms with Crippen molar-refractivity contribution in [2.75, 3.05) is 31.9 Å². The molecule has 0 fully saturated rings. The first kappa shape index (κ1) is 22.0. The molecule has 28 heavy (non-hydrogen) atoms. The topological polar surface area (TPSA) is 99.6 Å². The minimum atomic E-state index is -0.565. The van der Waals surface area contributed by atoms with Gasteiger partial charge in [0, 0.05) is 9.37 Å². The number of carbonyl (C=O) groups excluding carboxylic acids is 2. The van der Waals surface area contributed by atoms with Crippen molar-refractivity contribution in [3.63, 3.8) is 0 Å². The molecule has 10 heteroatoms. The SMILES string of the molecule is COc1cc(OC)nc(NC(=O)COC(=O)CSc2cc(C)c(Br)cc2C)n1. The quantitative estimate of drug-likeness (QED) is 0.464. The van der Waals surface area contributed by atoms with Gasteiger partial charge in [-0.25, -0.2) is 0 Å². The molecule has 0 unspecified atom stereocenters. The summed E-state index contributed by atoms with van der Waals surface area (Å²) in [4.78, 5) is 32.8. The van der Waals surface area contributed by atoms with Gasteiger partial charge in [-0.2, -0.15) is 9.97 Å². The predicted octanol–water partition coefficient (Wildman–Crippen LogP) is 3.15. The number of nitrogens with one attached hydrogen (secondary N) is 1. The van der Waals surface area contributed by atoms with Crippen molar-refractivity contribution in [1.29, 1.82) is 0 Å². The Labute approximate surface area is 175 Å². The third-order valence-electron chi connectivity index (χ3n) is 3.51. The van der Waals surface area contributed by atoms with E-state index in [1.165, 1.54) is 32.0 Å². The van der Waals surface area contributed by atoms with Crippen molar-refractivity contribution in [3.8, 4) is 11.8 Å². The molecule has 0 radical (unpaired) electrons. The lowest BCUT2D eigenvalue weighted by molar-refractivity contribution is -0.144. The second-order valence-corrected chi connectivity index (χ2v) is 7.51. The highest BCUT2D eigenvalue weighted by Gasteiger charge is 2.13. The van der Waals surface area contributed by atoms with E-state index in [1.54, 1.807) is 0 Å². The Bertz CT molecular complexity index is 856. The largest absolute Gasteiger partial charge is 0.481 e. The fourth-order valence-electron chi connectivity index (χ4n) is 2.06. The van der Waals surface area contributed by atoms with Crippen LogP contribution in [-0.2, 0) is 14.3 Å². The lowest BCUT2D eigenvalue weighted by atomic mass is 10.2. The second-order valence-electron chi connectivity index (χ2n) is 5.64. The van der Waals surface area contributed by atoms with Gasteiger partial charge in [0.25, 0.3) is 5.91 Å². The standard InChI is InChI=1S/C18H20BrN3O5S/c1-10-6-13(11(2)5-12(10)19)28-9-17(24)27-8-14(23)20-18-21-15(25-3)7-16(22-18)26-4/h5-7H,8-9H2,1-4H3,(H,20,21,22,23). The highest BCUT2D eigenvalue weighted by atomic mass is 79.9. The number of halogens is 1. The first-order chi connectivity index (χ1) is 13.3. The fourth-order valence-corrected chi connectivity index (χ4v) is 3.43. The number of amides is 1. The van der Waals surface area contributed by atoms with E-state index in [-0.39, 0.29) is 23.5 Å². The zero-order valence-corrected chi connectivity index (χ0v) is 18.3. The number of benzene rings is 1. The molecule has 2 aromatic rings. The molecule has 2 rings (SSSR count). The van der Waals surface area contributed by atoms with Crippen LogP contribution in [0.2, 0.25) is 0 Å². The van der Waals surface area contributed by atoms with E-state index in [9.17, 15) is 9.59 Å². The minimum Gasteiger partial charge on any atom is -0.481 e. The van der Waals surface area contributed by atoms with Crippen LogP contribution in [0.3, 0.4) is 0 Å². The maximum absolute atomic E-state index is 12.0. The summed E-state index contributed by atoms with van der Waals surface area (Å²) in [5, 5.41) is 2.43. The summed E-state index contributed by atoms with van der Waals surface area (Å²) in [6.45, 7) is 3.50. The molecule has 0 bridgehead atoms. The van der Waals surface area contributed by atoms with Crippen LogP contribution in [0, 0.1) is 13.8 Å². The van der Waals surface area contributed by atoms with E-state index < -0.39 is 18.5 Å². The molecule has 0 saturated heterocycles. The van der Waals surface area contributed by atoms with E-state index in [2.05, 4.69) is 31.2 Å². The van der Waals surface area contributed by atoms with Crippen LogP contribution in [0.4, 0.5) is 5.95 Å². The summed E-state index contributed by atoms with van der Waals surface area (Å²) < 4.78 is 16.0. The van der Waals surface area contributed by atoms with Crippen molar-refractivity contribution in [2.24, 2.45) is 0 Å². The van der Waals surface area contributed by atoms with E-state index in [0.29, 0.717) is 0 Å². The van der Waals surface area contributed by atoms with Gasteiger partial charge >= 0.3 is 5.97 Å². The van der Waals surface area contributed by atoms with E-state index in [0.717, 1.165) is 20.5 Å². The number of nitrogens with zero attached hydrogens (tertiary/aromatic N) is 2. The fraction of sp³-hybridized carbons (Fsp3) is 0.333. The molecule has 0 aliphatic rings. The normalized spacial score (nSPS) is 10.3. The second kappa shape index (κ2) is 10.3. The molecule has 1 heterocycles. The number of aryl methyl sites for hydroxylation is 2. The zero-order valence-electron chi connectivity index (χ0n) is 15.9. The monoisotopic (exact) mass is 469 g/mol. The minimum absolute atomic E-state index is 0.00686. The number of hydrogen-bond acceptors (Lipinski definition) is 8. The molecular formula is C18H20BrN3O5S. The molecule has 1 aromatic heterocycles. The summed E-state index contributed by atoms with van der Waals surface area (Å²) in [7, 11) is 2.86. The van der Waals surface area contributed by atoms with Crippen molar-refractivity contribution >= 4 is 45.5 Å². The van der Waals surface area contributed by atoms with Crippen molar-refractivity contribution in [1.82, 2.24) is 9.97 Å². The molecule has 150 valence electrons. The first-order valence-corrected chi connectivity index (χ1v) is 9.92. The number of methoxy groups -OCH3 is 2. The molecule has 0 saturated carbocycles. The van der Waals surface area contributed by atoms with E-state index in [4.69, 9.17) is 14.2 Å². The summed E-state index contributed by atoms with van der Waals surface area (Å²) in [6, 6.07) is 5.47. The van der Waals surface area contributed by atoms with Crippen molar-refractivity contribution < 1.29 is 23.8 Å². The van der Waals surface area contributed by atoms with Gasteiger partial charge in [0.05, 0.1) is 26.0 Å². The van der Waals surface area contributed by atoms with Gasteiger partial charge in [-0.15, -0.1) is 11.8 Å². The van der Waals surface area contributed by atoms with Gasteiger partial charge in [0.1, 0.15) is 0 Å². The number of hydrogen-bond donors (Lipinski definition) is 1. The number of esters is 1. The van der Waals surface area contributed by atoms with Crippen LogP contribution < -0.4 is 14.8 Å². The summed E-state index contributed by atoms with van der Waals surface area (Å²) in [6.07, 6.45) is 0. The smallest absolute Gasteiger partial charge is 0.316 e. The van der Waals surface area contributed by atoms with Gasteiger partial charge < -0.3 is 14.2 Å². The molecule has 0 atom stereocenters. The van der Waals surface area contributed by atoms with Crippen LogP contribution in [0.25, 0.3) is 0 Å². The Balaban J connectivity index is 1.84. The van der Waals surface area contributed by atoms with Gasteiger partial charge in [-0.1, -0.05) is 15.9 Å². The van der Waals surface area contributed by atoms with Crippen molar-refractivity contribution in [2.45, 2.75) is 18.7 Å². The zero-order chi connectivity index (χ0) is 20.7. The van der Waals surface area contributed by atoms with Crippen LogP contribution in [0.5, 0.6) is 11.8 Å². The molecular weight excluding hydrogens is 450 g/mol. The summed E-state index contributed by atoms with van der Waals surface area (Å²) >= 11 is 4.83. The average molecular weight is 470 g/mol. The molecule has 8 nitrogen and oxygen atoms in total. The lowest BCUT2D eigenvalue weighted by Crippen LogP contribution is -2.22. The Morgan fingerprint density at radius 3 is 2.32 bits per heavy atom. The Hall–Kier alpha value is -2.33. The molecule has 0 aliphatic heterocycles. The molecule has 0 aliphatic carbocycles. The number of thioether (sulfide) groups is 1. The highest BCUT2D eigenvalue weighted by molar-refractivity contribution is 9.10. The Morgan fingerprint density at radius 1 is 1.07 bits per heavy atom. The maximum atomic E-state index is 12.0. The molecule has 1 N–H and O–H groups in total. The number of ether oxygens (including phenoxy) is 3. The average Bonchev–Trinajstić information content (AvgIpc) is 2.67. The lowest BCUT2D eigenvalue weighted by Gasteiger charge is -2.09. The molecule has 1 amide bonds. The summed E-state index contributed by atoms with van der Waals surface area (Å²) in [5.74, 6) is -0.508. The number of aromatic nitrogens is 2. The Kier molecular flexibility index (Phi) is 8.06. The van der Waals surface area contributed by atoms with Crippen LogP contribution in [0.1, 0.15) is 11.1 Å². The van der Waals surface area contributed by atoms with Gasteiger partial charge in [0.2, 0.25) is 17.7 Å². The van der Waals surface area contributed by atoms with Crippen molar-refractivity contribution in [3.05, 3.63) is 33.8 Å². The van der Waals surface area contributed by atoms with Gasteiger partial charge in [-0.05, 0) is 37.1 Å². The molecule has 1 aromatic carbocycles. The maximum Gasteiger partial charge on any atom is 0.316 e. The molecule has 0 spiro atoms.